The molecule has 1 fully saturated rings. The minimum Gasteiger partial charge on any atom is -0.484 e. The van der Waals surface area contributed by atoms with E-state index in [-0.39, 0.29) is 12.5 Å². The van der Waals surface area contributed by atoms with Crippen LogP contribution >= 0.6 is 0 Å². The van der Waals surface area contributed by atoms with Crippen molar-refractivity contribution in [2.75, 3.05) is 19.7 Å². The zero-order chi connectivity index (χ0) is 17.8. The van der Waals surface area contributed by atoms with Gasteiger partial charge in [0.05, 0.1) is 0 Å². The summed E-state index contributed by atoms with van der Waals surface area (Å²) in [5, 5.41) is 0. The lowest BCUT2D eigenvalue weighted by molar-refractivity contribution is -0.134. The van der Waals surface area contributed by atoms with Crippen LogP contribution in [0.5, 0.6) is 5.75 Å². The maximum atomic E-state index is 12.2. The summed E-state index contributed by atoms with van der Waals surface area (Å²) < 4.78 is 7.82. The van der Waals surface area contributed by atoms with Crippen molar-refractivity contribution < 1.29 is 9.53 Å². The van der Waals surface area contributed by atoms with Gasteiger partial charge in [0.15, 0.2) is 6.61 Å². The number of benzene rings is 1. The summed E-state index contributed by atoms with van der Waals surface area (Å²) >= 11 is 0. The second kappa shape index (κ2) is 7.72. The first-order chi connectivity index (χ1) is 12.0. The lowest BCUT2D eigenvalue weighted by atomic mass is 9.99. The van der Waals surface area contributed by atoms with Gasteiger partial charge in [-0.3, -0.25) is 4.79 Å². The van der Waals surface area contributed by atoms with Crippen LogP contribution < -0.4 is 4.74 Å². The van der Waals surface area contributed by atoms with Crippen LogP contribution in [0.1, 0.15) is 39.7 Å². The van der Waals surface area contributed by atoms with E-state index in [2.05, 4.69) is 30.3 Å². The Balaban J connectivity index is 1.58. The number of aromatic nitrogens is 2. The highest BCUT2D eigenvalue weighted by molar-refractivity contribution is 5.77. The van der Waals surface area contributed by atoms with Gasteiger partial charge in [0.1, 0.15) is 11.6 Å². The third kappa shape index (κ3) is 4.21. The average molecular weight is 341 g/mol. The van der Waals surface area contributed by atoms with Gasteiger partial charge in [-0.2, -0.15) is 0 Å². The van der Waals surface area contributed by atoms with Gasteiger partial charge >= 0.3 is 0 Å². The molecule has 1 aromatic carbocycles. The zero-order valence-electron chi connectivity index (χ0n) is 15.3. The molecule has 0 atom stereocenters. The second-order valence-corrected chi connectivity index (χ2v) is 7.13. The molecule has 3 rings (SSSR count). The molecule has 0 radical (unpaired) electrons. The van der Waals surface area contributed by atoms with E-state index in [1.54, 1.807) is 0 Å². The Morgan fingerprint density at radius 3 is 2.56 bits per heavy atom. The molecule has 1 aliphatic rings. The van der Waals surface area contributed by atoms with E-state index in [0.717, 1.165) is 43.2 Å². The van der Waals surface area contributed by atoms with Crippen LogP contribution in [-0.2, 0) is 4.79 Å². The van der Waals surface area contributed by atoms with Crippen LogP contribution in [0.15, 0.2) is 36.7 Å². The first kappa shape index (κ1) is 17.5. The van der Waals surface area contributed by atoms with Gasteiger partial charge in [-0.15, -0.1) is 0 Å². The number of nitrogens with zero attached hydrogens (tertiary/aromatic N) is 3. The molecular weight excluding hydrogens is 314 g/mol. The van der Waals surface area contributed by atoms with Crippen molar-refractivity contribution in [1.29, 1.82) is 0 Å². The second-order valence-electron chi connectivity index (χ2n) is 7.13. The Kier molecular flexibility index (Phi) is 5.41. The minimum atomic E-state index is 0.0753. The van der Waals surface area contributed by atoms with E-state index in [9.17, 15) is 4.79 Å². The third-order valence-electron chi connectivity index (χ3n) is 4.84. The van der Waals surface area contributed by atoms with Gasteiger partial charge in [0, 0.05) is 37.1 Å². The summed E-state index contributed by atoms with van der Waals surface area (Å²) in [6.45, 7) is 8.31. The zero-order valence-corrected chi connectivity index (χ0v) is 15.3. The van der Waals surface area contributed by atoms with Crippen molar-refractivity contribution in [2.24, 2.45) is 5.92 Å². The summed E-state index contributed by atoms with van der Waals surface area (Å²) in [6, 6.07) is 8.14. The van der Waals surface area contributed by atoms with E-state index in [4.69, 9.17) is 4.74 Å². The van der Waals surface area contributed by atoms with Crippen LogP contribution in [0.4, 0.5) is 0 Å². The summed E-state index contributed by atoms with van der Waals surface area (Å²) in [5.41, 5.74) is 1.04. The predicted octanol–water partition coefficient (Wildman–Crippen LogP) is 3.77. The molecule has 2 heterocycles. The van der Waals surface area contributed by atoms with Crippen molar-refractivity contribution in [3.05, 3.63) is 36.7 Å². The molecular formula is C20H27N3O2. The van der Waals surface area contributed by atoms with Gasteiger partial charge in [0.25, 0.3) is 5.91 Å². The number of carbonyl (C=O) groups excluding carboxylic acids is 1. The average Bonchev–Trinajstić information content (AvgIpc) is 3.11. The molecule has 0 bridgehead atoms. The summed E-state index contributed by atoms with van der Waals surface area (Å²) in [7, 11) is 0. The SMILES string of the molecule is CC1CCN(C(=O)COc2ccc(-c3nccn3C(C)C)cc2)CC1. The summed E-state index contributed by atoms with van der Waals surface area (Å²) in [5.74, 6) is 2.45. The van der Waals surface area contributed by atoms with E-state index in [1.165, 1.54) is 0 Å². The smallest absolute Gasteiger partial charge is 0.260 e. The Bertz CT molecular complexity index is 698. The standard InChI is InChI=1S/C20H27N3O2/c1-15(2)23-13-10-21-20(23)17-4-6-18(7-5-17)25-14-19(24)22-11-8-16(3)9-12-22/h4-7,10,13,15-16H,8-9,11-12,14H2,1-3H3. The molecule has 1 aromatic heterocycles. The van der Waals surface area contributed by atoms with Crippen molar-refractivity contribution in [3.63, 3.8) is 0 Å². The van der Waals surface area contributed by atoms with E-state index in [0.29, 0.717) is 11.8 Å². The van der Waals surface area contributed by atoms with Gasteiger partial charge < -0.3 is 14.2 Å². The minimum absolute atomic E-state index is 0.0753. The van der Waals surface area contributed by atoms with Crippen LogP contribution in [0.2, 0.25) is 0 Å². The van der Waals surface area contributed by atoms with Gasteiger partial charge in [-0.1, -0.05) is 6.92 Å². The topological polar surface area (TPSA) is 47.4 Å². The Morgan fingerprint density at radius 2 is 1.92 bits per heavy atom. The summed E-state index contributed by atoms with van der Waals surface area (Å²) in [4.78, 5) is 18.6. The Hall–Kier alpha value is -2.30. The van der Waals surface area contributed by atoms with Gasteiger partial charge in [-0.25, -0.2) is 4.98 Å². The first-order valence-corrected chi connectivity index (χ1v) is 9.08. The molecule has 25 heavy (non-hydrogen) atoms. The van der Waals surface area contributed by atoms with E-state index < -0.39 is 0 Å². The molecule has 5 nitrogen and oxygen atoms in total. The lowest BCUT2D eigenvalue weighted by Crippen LogP contribution is -2.40. The van der Waals surface area contributed by atoms with Crippen LogP contribution in [-0.4, -0.2) is 40.1 Å². The fourth-order valence-corrected chi connectivity index (χ4v) is 3.15. The largest absolute Gasteiger partial charge is 0.484 e. The highest BCUT2D eigenvalue weighted by Gasteiger charge is 2.20. The van der Waals surface area contributed by atoms with Crippen LogP contribution in [0.3, 0.4) is 0 Å². The quantitative estimate of drug-likeness (QED) is 0.832. The number of amides is 1. The van der Waals surface area contributed by atoms with Crippen molar-refractivity contribution in [1.82, 2.24) is 14.5 Å². The molecule has 0 aliphatic carbocycles. The van der Waals surface area contributed by atoms with E-state index >= 15 is 0 Å². The fourth-order valence-electron chi connectivity index (χ4n) is 3.15. The molecule has 0 N–H and O–H groups in total. The number of likely N-dealkylation sites (tertiary alicyclic amines) is 1. The number of carbonyl (C=O) groups is 1. The number of rotatable bonds is 5. The Morgan fingerprint density at radius 1 is 1.24 bits per heavy atom. The molecule has 1 amide bonds. The maximum absolute atomic E-state index is 12.2. The van der Waals surface area contributed by atoms with Crippen molar-refractivity contribution in [3.8, 4) is 17.1 Å². The molecule has 5 heteroatoms. The molecule has 0 spiro atoms. The number of hydrogen-bond acceptors (Lipinski definition) is 3. The molecule has 1 aliphatic heterocycles. The maximum Gasteiger partial charge on any atom is 0.260 e. The summed E-state index contributed by atoms with van der Waals surface area (Å²) in [6.07, 6.45) is 5.98. The fraction of sp³-hybridized carbons (Fsp3) is 0.500. The molecule has 1 saturated heterocycles. The number of imidazole rings is 1. The normalized spacial score (nSPS) is 15.6. The van der Waals surface area contributed by atoms with Crippen LogP contribution in [0.25, 0.3) is 11.4 Å². The van der Waals surface area contributed by atoms with Crippen molar-refractivity contribution >= 4 is 5.91 Å². The highest BCUT2D eigenvalue weighted by atomic mass is 16.5. The first-order valence-electron chi connectivity index (χ1n) is 9.08. The highest BCUT2D eigenvalue weighted by Crippen LogP contribution is 2.23. The van der Waals surface area contributed by atoms with Crippen LogP contribution in [0, 0.1) is 5.92 Å². The molecule has 134 valence electrons. The Labute approximate surface area is 149 Å². The predicted molar refractivity (Wildman–Crippen MR) is 98.5 cm³/mol. The van der Waals surface area contributed by atoms with E-state index in [1.807, 2.05) is 41.6 Å². The van der Waals surface area contributed by atoms with Crippen molar-refractivity contribution in [2.45, 2.75) is 39.7 Å². The lowest BCUT2D eigenvalue weighted by Gasteiger charge is -2.30. The number of ether oxygens (including phenoxy) is 1. The molecule has 0 unspecified atom stereocenters. The van der Waals surface area contributed by atoms with Gasteiger partial charge in [0.2, 0.25) is 0 Å². The number of hydrogen-bond donors (Lipinski definition) is 0. The monoisotopic (exact) mass is 341 g/mol. The third-order valence-corrected chi connectivity index (χ3v) is 4.84. The molecule has 2 aromatic rings. The van der Waals surface area contributed by atoms with Gasteiger partial charge in [-0.05, 0) is 56.9 Å². The molecule has 0 saturated carbocycles. The number of piperidine rings is 1.